The maximum absolute atomic E-state index is 9.59. The van der Waals surface area contributed by atoms with Crippen molar-refractivity contribution < 1.29 is 4.80 Å². The van der Waals surface area contributed by atoms with Crippen LogP contribution in [0.15, 0.2) is 17.5 Å². The SMILES string of the molecule is C[Si](C)(O)CCCc1cccs1. The van der Waals surface area contributed by atoms with Crippen LogP contribution < -0.4 is 0 Å². The molecule has 0 unspecified atom stereocenters. The first-order chi connectivity index (χ1) is 5.58. The number of rotatable bonds is 4. The van der Waals surface area contributed by atoms with Crippen LogP contribution in [0.5, 0.6) is 0 Å². The maximum Gasteiger partial charge on any atom is 0.182 e. The van der Waals surface area contributed by atoms with Crippen molar-refractivity contribution in [3.8, 4) is 0 Å². The molecule has 0 atom stereocenters. The average molecular weight is 200 g/mol. The Labute approximate surface area is 79.2 Å². The molecule has 1 rings (SSSR count). The summed E-state index contributed by atoms with van der Waals surface area (Å²) in [6, 6.07) is 5.27. The molecule has 0 fully saturated rings. The van der Waals surface area contributed by atoms with Gasteiger partial charge in [0.25, 0.3) is 0 Å². The van der Waals surface area contributed by atoms with Gasteiger partial charge in [-0.05, 0) is 43.4 Å². The molecule has 1 aromatic rings. The second-order valence-corrected chi connectivity index (χ2v) is 8.90. The topological polar surface area (TPSA) is 20.2 Å². The van der Waals surface area contributed by atoms with E-state index in [1.165, 1.54) is 4.88 Å². The Kier molecular flexibility index (Phi) is 3.49. The van der Waals surface area contributed by atoms with E-state index in [0.29, 0.717) is 0 Å². The molecule has 1 N–H and O–H groups in total. The predicted octanol–water partition coefficient (Wildman–Crippen LogP) is 2.88. The summed E-state index contributed by atoms with van der Waals surface area (Å²) in [4.78, 5) is 11.0. The highest BCUT2D eigenvalue weighted by atomic mass is 32.1. The van der Waals surface area contributed by atoms with Crippen molar-refractivity contribution in [3.63, 3.8) is 0 Å². The molecule has 0 aliphatic carbocycles. The zero-order valence-electron chi connectivity index (χ0n) is 7.71. The Bertz CT molecular complexity index is 213. The van der Waals surface area contributed by atoms with Gasteiger partial charge in [-0.2, -0.15) is 0 Å². The fraction of sp³-hybridized carbons (Fsp3) is 0.556. The Balaban J connectivity index is 2.20. The number of aryl methyl sites for hydroxylation is 1. The molecule has 0 bridgehead atoms. The van der Waals surface area contributed by atoms with Gasteiger partial charge in [0.1, 0.15) is 0 Å². The van der Waals surface area contributed by atoms with Gasteiger partial charge >= 0.3 is 0 Å². The lowest BCUT2D eigenvalue weighted by atomic mass is 10.3. The minimum absolute atomic E-state index is 1.02. The zero-order chi connectivity index (χ0) is 9.03. The summed E-state index contributed by atoms with van der Waals surface area (Å²) in [6.45, 7) is 4.00. The maximum atomic E-state index is 9.59. The lowest BCUT2D eigenvalue weighted by Crippen LogP contribution is -2.24. The zero-order valence-corrected chi connectivity index (χ0v) is 9.53. The van der Waals surface area contributed by atoms with Crippen LogP contribution in [0.3, 0.4) is 0 Å². The highest BCUT2D eigenvalue weighted by Gasteiger charge is 2.15. The lowest BCUT2D eigenvalue weighted by Gasteiger charge is -2.12. The first-order valence-corrected chi connectivity index (χ1v) is 8.36. The first kappa shape index (κ1) is 9.96. The third-order valence-electron chi connectivity index (χ3n) is 1.79. The predicted molar refractivity (Wildman–Crippen MR) is 57.1 cm³/mol. The monoisotopic (exact) mass is 200 g/mol. The van der Waals surface area contributed by atoms with Gasteiger partial charge in [0.2, 0.25) is 0 Å². The van der Waals surface area contributed by atoms with E-state index < -0.39 is 8.32 Å². The normalized spacial score (nSPS) is 11.9. The molecular formula is C9H16OSSi. The van der Waals surface area contributed by atoms with Crippen LogP contribution in [0.4, 0.5) is 0 Å². The Morgan fingerprint density at radius 3 is 2.75 bits per heavy atom. The Morgan fingerprint density at radius 1 is 1.50 bits per heavy atom. The van der Waals surface area contributed by atoms with Crippen LogP contribution in [0.25, 0.3) is 0 Å². The summed E-state index contributed by atoms with van der Waals surface area (Å²) in [7, 11) is -1.79. The van der Waals surface area contributed by atoms with Crippen molar-refractivity contribution in [1.29, 1.82) is 0 Å². The van der Waals surface area contributed by atoms with E-state index in [0.717, 1.165) is 18.9 Å². The molecule has 3 heteroatoms. The van der Waals surface area contributed by atoms with Gasteiger partial charge in [0, 0.05) is 4.88 Å². The molecule has 1 nitrogen and oxygen atoms in total. The minimum atomic E-state index is -1.79. The number of thiophene rings is 1. The van der Waals surface area contributed by atoms with Crippen LogP contribution in [0, 0.1) is 0 Å². The molecule has 68 valence electrons. The first-order valence-electron chi connectivity index (χ1n) is 4.33. The van der Waals surface area contributed by atoms with Crippen LogP contribution in [0.2, 0.25) is 19.1 Å². The third kappa shape index (κ3) is 4.04. The summed E-state index contributed by atoms with van der Waals surface area (Å²) >= 11 is 1.81. The Morgan fingerprint density at radius 2 is 2.25 bits per heavy atom. The molecule has 0 aliphatic rings. The van der Waals surface area contributed by atoms with Gasteiger partial charge < -0.3 is 4.80 Å². The Hall–Kier alpha value is -0.123. The summed E-state index contributed by atoms with van der Waals surface area (Å²) < 4.78 is 0. The molecule has 0 saturated heterocycles. The molecule has 1 heterocycles. The van der Waals surface area contributed by atoms with Crippen LogP contribution >= 0.6 is 11.3 Å². The molecule has 0 amide bonds. The van der Waals surface area contributed by atoms with Crippen molar-refractivity contribution in [2.75, 3.05) is 0 Å². The second kappa shape index (κ2) is 4.21. The van der Waals surface area contributed by atoms with Crippen LogP contribution in [-0.4, -0.2) is 13.1 Å². The van der Waals surface area contributed by atoms with Gasteiger partial charge in [0.05, 0.1) is 0 Å². The molecular weight excluding hydrogens is 184 g/mol. The summed E-state index contributed by atoms with van der Waals surface area (Å²) in [5.74, 6) is 0. The summed E-state index contributed by atoms with van der Waals surface area (Å²) in [5, 5.41) is 2.11. The molecule has 0 aromatic carbocycles. The van der Waals surface area contributed by atoms with Crippen LogP contribution in [-0.2, 0) is 6.42 Å². The standard InChI is InChI=1S/C9H16OSSi/c1-12(2,10)8-4-6-9-5-3-7-11-9/h3,5,7,10H,4,6,8H2,1-2H3. The fourth-order valence-corrected chi connectivity index (χ4v) is 2.94. The van der Waals surface area contributed by atoms with E-state index in [-0.39, 0.29) is 0 Å². The highest BCUT2D eigenvalue weighted by Crippen LogP contribution is 2.15. The number of hydrogen-bond acceptors (Lipinski definition) is 2. The molecule has 0 aliphatic heterocycles. The fourth-order valence-electron chi connectivity index (χ4n) is 1.15. The van der Waals surface area contributed by atoms with Gasteiger partial charge in [-0.1, -0.05) is 6.07 Å². The molecule has 0 radical (unpaired) electrons. The summed E-state index contributed by atoms with van der Waals surface area (Å²) in [5.41, 5.74) is 0. The van der Waals surface area contributed by atoms with Gasteiger partial charge in [-0.25, -0.2) is 0 Å². The van der Waals surface area contributed by atoms with Gasteiger partial charge in [-0.15, -0.1) is 11.3 Å². The molecule has 12 heavy (non-hydrogen) atoms. The number of hydrogen-bond donors (Lipinski definition) is 1. The molecule has 1 aromatic heterocycles. The van der Waals surface area contributed by atoms with E-state index in [9.17, 15) is 4.80 Å². The lowest BCUT2D eigenvalue weighted by molar-refractivity contribution is 0.544. The van der Waals surface area contributed by atoms with E-state index in [1.807, 2.05) is 24.4 Å². The van der Waals surface area contributed by atoms with E-state index in [2.05, 4.69) is 17.5 Å². The van der Waals surface area contributed by atoms with Crippen molar-refractivity contribution in [3.05, 3.63) is 22.4 Å². The van der Waals surface area contributed by atoms with E-state index in [4.69, 9.17) is 0 Å². The third-order valence-corrected chi connectivity index (χ3v) is 4.31. The van der Waals surface area contributed by atoms with E-state index >= 15 is 0 Å². The van der Waals surface area contributed by atoms with Crippen LogP contribution in [0.1, 0.15) is 11.3 Å². The summed E-state index contributed by atoms with van der Waals surface area (Å²) in [6.07, 6.45) is 2.27. The van der Waals surface area contributed by atoms with Gasteiger partial charge in [0.15, 0.2) is 8.32 Å². The van der Waals surface area contributed by atoms with Gasteiger partial charge in [-0.3, -0.25) is 0 Å². The average Bonchev–Trinajstić information content (AvgIpc) is 2.36. The minimum Gasteiger partial charge on any atom is -0.432 e. The highest BCUT2D eigenvalue weighted by molar-refractivity contribution is 7.09. The van der Waals surface area contributed by atoms with Crippen molar-refractivity contribution in [2.24, 2.45) is 0 Å². The molecule has 0 spiro atoms. The van der Waals surface area contributed by atoms with Crippen molar-refractivity contribution in [2.45, 2.75) is 32.0 Å². The molecule has 0 saturated carbocycles. The second-order valence-electron chi connectivity index (χ2n) is 3.75. The quantitative estimate of drug-likeness (QED) is 0.741. The largest absolute Gasteiger partial charge is 0.432 e. The van der Waals surface area contributed by atoms with Crippen molar-refractivity contribution in [1.82, 2.24) is 0 Å². The van der Waals surface area contributed by atoms with E-state index in [1.54, 1.807) is 0 Å². The van der Waals surface area contributed by atoms with Crippen molar-refractivity contribution >= 4 is 19.7 Å². The smallest absolute Gasteiger partial charge is 0.182 e.